The molecule has 0 radical (unpaired) electrons. The van der Waals surface area contributed by atoms with Crippen molar-refractivity contribution in [2.24, 2.45) is 0 Å². The predicted molar refractivity (Wildman–Crippen MR) is 99.5 cm³/mol. The van der Waals surface area contributed by atoms with Gasteiger partial charge < -0.3 is 9.57 Å². The lowest BCUT2D eigenvalue weighted by Gasteiger charge is -2.16. The van der Waals surface area contributed by atoms with Crippen molar-refractivity contribution in [2.45, 2.75) is 20.0 Å². The van der Waals surface area contributed by atoms with Crippen molar-refractivity contribution in [3.63, 3.8) is 0 Å². The molecule has 1 aromatic heterocycles. The van der Waals surface area contributed by atoms with Crippen LogP contribution in [0.3, 0.4) is 0 Å². The van der Waals surface area contributed by atoms with Gasteiger partial charge in [-0.1, -0.05) is 23.7 Å². The number of nitro groups is 1. The first-order valence-electron chi connectivity index (χ1n) is 8.17. The number of fused-ring (bicyclic) bond motifs is 1. The molecule has 8 nitrogen and oxygen atoms in total. The number of esters is 1. The van der Waals surface area contributed by atoms with Crippen LogP contribution in [-0.2, 0) is 9.53 Å². The van der Waals surface area contributed by atoms with Crippen LogP contribution in [0.5, 0.6) is 0 Å². The second-order valence-electron chi connectivity index (χ2n) is 5.67. The summed E-state index contributed by atoms with van der Waals surface area (Å²) >= 11 is 6.07. The number of carbonyl (C=O) groups is 1. The maximum absolute atomic E-state index is 12.0. The molecule has 27 heavy (non-hydrogen) atoms. The van der Waals surface area contributed by atoms with Gasteiger partial charge in [-0.3, -0.25) is 10.1 Å². The summed E-state index contributed by atoms with van der Waals surface area (Å²) in [5, 5.41) is 11.6. The second-order valence-corrected chi connectivity index (χ2v) is 6.11. The quantitative estimate of drug-likeness (QED) is 0.362. The lowest BCUT2D eigenvalue weighted by molar-refractivity contribution is -0.384. The molecule has 3 aromatic rings. The summed E-state index contributed by atoms with van der Waals surface area (Å²) in [5.74, 6) is -0.189. The number of nitro benzene ring substituents is 1. The third-order valence-electron chi connectivity index (χ3n) is 3.77. The Balaban J connectivity index is 2.15. The number of hydrogen-bond donors (Lipinski definition) is 0. The van der Waals surface area contributed by atoms with Crippen molar-refractivity contribution < 1.29 is 19.3 Å². The zero-order valence-electron chi connectivity index (χ0n) is 14.6. The van der Waals surface area contributed by atoms with E-state index in [0.29, 0.717) is 27.4 Å². The van der Waals surface area contributed by atoms with Gasteiger partial charge in [-0.15, -0.1) is 0 Å². The molecule has 140 valence electrons. The third-order valence-corrected chi connectivity index (χ3v) is 4.01. The number of non-ortho nitro benzene ring substituents is 1. The molecular weight excluding hydrogens is 374 g/mol. The third kappa shape index (κ3) is 3.85. The Labute approximate surface area is 159 Å². The minimum Gasteiger partial charge on any atom is -0.463 e. The molecule has 1 heterocycles. The van der Waals surface area contributed by atoms with Gasteiger partial charge in [0.05, 0.1) is 17.0 Å². The molecule has 0 saturated heterocycles. The largest absolute Gasteiger partial charge is 0.463 e. The Morgan fingerprint density at radius 2 is 2.11 bits per heavy atom. The number of ether oxygens (including phenoxy) is 1. The highest BCUT2D eigenvalue weighted by molar-refractivity contribution is 6.30. The van der Waals surface area contributed by atoms with Gasteiger partial charge in [0.25, 0.3) is 5.69 Å². The molecule has 2 aromatic carbocycles. The minimum atomic E-state index is -0.945. The Morgan fingerprint density at radius 3 is 2.78 bits per heavy atom. The minimum absolute atomic E-state index is 0.117. The summed E-state index contributed by atoms with van der Waals surface area (Å²) in [6.07, 6.45) is -0.945. The first kappa shape index (κ1) is 18.7. The number of benzene rings is 2. The highest BCUT2D eigenvalue weighted by Crippen LogP contribution is 2.28. The monoisotopic (exact) mass is 389 g/mol. The molecule has 0 aliphatic heterocycles. The molecule has 0 aliphatic carbocycles. The van der Waals surface area contributed by atoms with E-state index in [1.165, 1.54) is 29.9 Å². The molecular formula is C18H16ClN3O5. The number of imidazole rings is 1. The van der Waals surface area contributed by atoms with Crippen molar-refractivity contribution in [3.8, 4) is 11.4 Å². The number of halogens is 1. The van der Waals surface area contributed by atoms with Gasteiger partial charge >= 0.3 is 5.97 Å². The maximum atomic E-state index is 12.0. The molecule has 0 saturated carbocycles. The van der Waals surface area contributed by atoms with Crippen LogP contribution >= 0.6 is 11.6 Å². The SMILES string of the molecule is CCOC(=O)[C@H](C)On1c(-c2cccc(Cl)c2)nc2ccc([N+](=O)[O-])cc21. The Kier molecular flexibility index (Phi) is 5.27. The van der Waals surface area contributed by atoms with Gasteiger partial charge in [-0.05, 0) is 32.0 Å². The molecule has 0 spiro atoms. The van der Waals surface area contributed by atoms with E-state index >= 15 is 0 Å². The van der Waals surface area contributed by atoms with Gasteiger partial charge in [-0.25, -0.2) is 9.78 Å². The molecule has 9 heteroatoms. The van der Waals surface area contributed by atoms with Crippen molar-refractivity contribution in [3.05, 3.63) is 57.6 Å². The smallest absolute Gasteiger partial charge is 0.349 e. The first-order chi connectivity index (χ1) is 12.9. The van der Waals surface area contributed by atoms with E-state index in [1.54, 1.807) is 31.2 Å². The molecule has 0 fully saturated rings. The lowest BCUT2D eigenvalue weighted by Crippen LogP contribution is -2.32. The number of nitrogens with zero attached hydrogens (tertiary/aromatic N) is 3. The highest BCUT2D eigenvalue weighted by Gasteiger charge is 2.22. The summed E-state index contributed by atoms with van der Waals surface area (Å²) in [4.78, 5) is 32.8. The molecule has 0 aliphatic rings. The first-order valence-corrected chi connectivity index (χ1v) is 8.55. The van der Waals surface area contributed by atoms with Crippen LogP contribution in [0, 0.1) is 10.1 Å². The highest BCUT2D eigenvalue weighted by atomic mass is 35.5. The predicted octanol–water partition coefficient (Wildman–Crippen LogP) is 3.65. The van der Waals surface area contributed by atoms with Gasteiger partial charge in [-0.2, -0.15) is 4.73 Å². The standard InChI is InChI=1S/C18H16ClN3O5/c1-3-26-18(23)11(2)27-21-16-10-14(22(24)25)7-8-15(16)20-17(21)12-5-4-6-13(19)9-12/h4-11H,3H2,1-2H3/t11-/m0/s1. The molecule has 1 atom stereocenters. The summed E-state index contributed by atoms with van der Waals surface area (Å²) in [7, 11) is 0. The Bertz CT molecular complexity index is 1020. The van der Waals surface area contributed by atoms with Crippen LogP contribution in [0.1, 0.15) is 13.8 Å². The number of rotatable bonds is 6. The van der Waals surface area contributed by atoms with E-state index in [9.17, 15) is 14.9 Å². The topological polar surface area (TPSA) is 96.5 Å². The fraction of sp³-hybridized carbons (Fsp3) is 0.222. The van der Waals surface area contributed by atoms with Crippen LogP contribution in [-0.4, -0.2) is 33.3 Å². The van der Waals surface area contributed by atoms with Crippen LogP contribution in [0.15, 0.2) is 42.5 Å². The average molecular weight is 390 g/mol. The van der Waals surface area contributed by atoms with Crippen LogP contribution in [0.4, 0.5) is 5.69 Å². The van der Waals surface area contributed by atoms with E-state index in [2.05, 4.69) is 4.98 Å². The number of aromatic nitrogens is 2. The van der Waals surface area contributed by atoms with E-state index < -0.39 is 17.0 Å². The average Bonchev–Trinajstić information content (AvgIpc) is 2.99. The van der Waals surface area contributed by atoms with Crippen LogP contribution < -0.4 is 4.84 Å². The zero-order chi connectivity index (χ0) is 19.6. The van der Waals surface area contributed by atoms with E-state index in [0.717, 1.165) is 0 Å². The van der Waals surface area contributed by atoms with Gasteiger partial charge in [0.1, 0.15) is 5.52 Å². The molecule has 0 N–H and O–H groups in total. The fourth-order valence-corrected chi connectivity index (χ4v) is 2.72. The van der Waals surface area contributed by atoms with Gasteiger partial charge in [0, 0.05) is 22.7 Å². The molecule has 0 amide bonds. The molecule has 3 rings (SSSR count). The normalized spacial score (nSPS) is 12.0. The van der Waals surface area contributed by atoms with E-state index in [-0.39, 0.29) is 12.3 Å². The summed E-state index contributed by atoms with van der Waals surface area (Å²) in [6.45, 7) is 3.44. The second kappa shape index (κ2) is 7.63. The van der Waals surface area contributed by atoms with Crippen molar-refractivity contribution in [1.29, 1.82) is 0 Å². The van der Waals surface area contributed by atoms with Crippen molar-refractivity contribution in [1.82, 2.24) is 9.71 Å². The fourth-order valence-electron chi connectivity index (χ4n) is 2.53. The van der Waals surface area contributed by atoms with Crippen molar-refractivity contribution >= 4 is 34.3 Å². The zero-order valence-corrected chi connectivity index (χ0v) is 15.3. The van der Waals surface area contributed by atoms with Gasteiger partial charge in [0.15, 0.2) is 5.82 Å². The van der Waals surface area contributed by atoms with E-state index in [1.807, 2.05) is 0 Å². The molecule has 0 bridgehead atoms. The van der Waals surface area contributed by atoms with E-state index in [4.69, 9.17) is 21.2 Å². The summed E-state index contributed by atoms with van der Waals surface area (Å²) in [5.41, 5.74) is 1.35. The van der Waals surface area contributed by atoms with Crippen LogP contribution in [0.2, 0.25) is 5.02 Å². The molecule has 0 unspecified atom stereocenters. The Hall–Kier alpha value is -3.13. The number of carbonyl (C=O) groups excluding carboxylic acids is 1. The lowest BCUT2D eigenvalue weighted by atomic mass is 10.2. The maximum Gasteiger partial charge on any atom is 0.349 e. The van der Waals surface area contributed by atoms with Crippen LogP contribution in [0.25, 0.3) is 22.4 Å². The summed E-state index contributed by atoms with van der Waals surface area (Å²) in [6, 6.07) is 11.1. The van der Waals surface area contributed by atoms with Gasteiger partial charge in [0.2, 0.25) is 6.10 Å². The summed E-state index contributed by atoms with van der Waals surface area (Å²) < 4.78 is 6.27. The van der Waals surface area contributed by atoms with Crippen molar-refractivity contribution in [2.75, 3.05) is 6.61 Å². The Morgan fingerprint density at radius 1 is 1.33 bits per heavy atom. The number of hydrogen-bond acceptors (Lipinski definition) is 6.